The first-order valence-electron chi connectivity index (χ1n) is 13.5. The van der Waals surface area contributed by atoms with Crippen LogP contribution in [0.4, 0.5) is 0 Å². The molecule has 0 bridgehead atoms. The Kier molecular flexibility index (Phi) is 10.4. The summed E-state index contributed by atoms with van der Waals surface area (Å²) in [4.78, 5) is 15.1. The highest BCUT2D eigenvalue weighted by molar-refractivity contribution is 7.89. The van der Waals surface area contributed by atoms with Gasteiger partial charge in [-0.3, -0.25) is 4.79 Å². The first-order valence-corrected chi connectivity index (χ1v) is 15.0. The Balaban J connectivity index is 1.41. The van der Waals surface area contributed by atoms with Crippen molar-refractivity contribution >= 4 is 15.9 Å². The molecule has 1 aliphatic carbocycles. The number of morpholine rings is 1. The number of rotatable bonds is 11. The Bertz CT molecular complexity index is 1030. The number of carbonyl (C=O) groups excluding carboxylic acids is 1. The van der Waals surface area contributed by atoms with Crippen LogP contribution in [0.1, 0.15) is 38.5 Å². The fourth-order valence-electron chi connectivity index (χ4n) is 5.40. The van der Waals surface area contributed by atoms with E-state index in [0.29, 0.717) is 50.2 Å². The number of benzene rings is 1. The first-order chi connectivity index (χ1) is 18.4. The molecule has 0 unspecified atom stereocenters. The molecule has 2 aliphatic heterocycles. The molecular formula is C27H40N2O8S. The summed E-state index contributed by atoms with van der Waals surface area (Å²) in [6.07, 6.45) is 7.82. The molecule has 1 saturated heterocycles. The predicted octanol–water partition coefficient (Wildman–Crippen LogP) is 2.38. The number of methoxy groups -OCH3 is 1. The van der Waals surface area contributed by atoms with Gasteiger partial charge in [0.15, 0.2) is 5.76 Å². The molecule has 38 heavy (non-hydrogen) atoms. The zero-order valence-electron chi connectivity index (χ0n) is 22.1. The van der Waals surface area contributed by atoms with E-state index in [-0.39, 0.29) is 43.0 Å². The summed E-state index contributed by atoms with van der Waals surface area (Å²) in [5.41, 5.74) is 0. The maximum absolute atomic E-state index is 13.2. The third-order valence-corrected chi connectivity index (χ3v) is 9.46. The lowest BCUT2D eigenvalue weighted by molar-refractivity contribution is -0.159. The second kappa shape index (κ2) is 13.7. The molecular weight excluding hydrogens is 512 g/mol. The van der Waals surface area contributed by atoms with Crippen molar-refractivity contribution in [3.05, 3.63) is 36.1 Å². The lowest BCUT2D eigenvalue weighted by atomic mass is 9.77. The van der Waals surface area contributed by atoms with Gasteiger partial charge in [-0.2, -0.15) is 4.31 Å². The second-order valence-corrected chi connectivity index (χ2v) is 11.9. The molecule has 2 fully saturated rings. The van der Waals surface area contributed by atoms with E-state index < -0.39 is 16.3 Å². The zero-order chi connectivity index (χ0) is 27.0. The highest BCUT2D eigenvalue weighted by atomic mass is 32.2. The molecule has 3 aliphatic rings. The number of allylic oxidation sites excluding steroid dienone is 1. The molecule has 212 valence electrons. The summed E-state index contributed by atoms with van der Waals surface area (Å²) in [6, 6.07) is 6.13. The number of hydrogen-bond acceptors (Lipinski definition) is 8. The van der Waals surface area contributed by atoms with Crippen molar-refractivity contribution in [2.45, 2.75) is 49.7 Å². The molecule has 1 aromatic rings. The molecule has 1 amide bonds. The van der Waals surface area contributed by atoms with Crippen LogP contribution in [0.15, 0.2) is 41.0 Å². The van der Waals surface area contributed by atoms with Gasteiger partial charge < -0.3 is 29.0 Å². The van der Waals surface area contributed by atoms with Crippen molar-refractivity contribution < 1.29 is 37.3 Å². The van der Waals surface area contributed by atoms with Crippen molar-refractivity contribution in [3.8, 4) is 5.75 Å². The molecule has 1 saturated carbocycles. The number of aliphatic hydroxyl groups is 1. The van der Waals surface area contributed by atoms with Gasteiger partial charge in [-0.05, 0) is 55.0 Å². The SMILES string of the molecule is COc1ccc(S(=O)(=O)N(CCO)CCO[C@@H]2C[C@H](C3CCCCC3)C=C(C(=O)N3CCOCC3)O2)cc1. The van der Waals surface area contributed by atoms with E-state index >= 15 is 0 Å². The van der Waals surface area contributed by atoms with Crippen LogP contribution >= 0.6 is 0 Å². The van der Waals surface area contributed by atoms with Crippen LogP contribution in [0.5, 0.6) is 5.75 Å². The number of hydrogen-bond donors (Lipinski definition) is 1. The standard InChI is InChI=1S/C27H40N2O8S/c1-34-23-7-9-24(10-8-23)38(32,33)29(11-15-30)14-18-36-26-20-22(21-5-3-2-4-6-21)19-25(37-26)27(31)28-12-16-35-17-13-28/h7-10,19,21-22,26,30H,2-6,11-18,20H2,1H3/t22-,26+/m1/s1. The minimum atomic E-state index is -3.84. The largest absolute Gasteiger partial charge is 0.497 e. The fraction of sp³-hybridized carbons (Fsp3) is 0.667. The maximum Gasteiger partial charge on any atom is 0.288 e. The molecule has 10 nitrogen and oxygen atoms in total. The number of sulfonamides is 1. The van der Waals surface area contributed by atoms with Crippen LogP contribution in [0.2, 0.25) is 0 Å². The predicted molar refractivity (Wildman–Crippen MR) is 140 cm³/mol. The second-order valence-electron chi connectivity index (χ2n) is 9.95. The van der Waals surface area contributed by atoms with Crippen LogP contribution in [0, 0.1) is 11.8 Å². The van der Waals surface area contributed by atoms with E-state index in [0.717, 1.165) is 12.8 Å². The van der Waals surface area contributed by atoms with Crippen LogP contribution in [-0.4, -0.2) is 94.6 Å². The molecule has 4 rings (SSSR count). The number of amides is 1. The minimum Gasteiger partial charge on any atom is -0.497 e. The highest BCUT2D eigenvalue weighted by Gasteiger charge is 2.35. The summed E-state index contributed by atoms with van der Waals surface area (Å²) < 4.78 is 50.2. The van der Waals surface area contributed by atoms with E-state index in [4.69, 9.17) is 18.9 Å². The van der Waals surface area contributed by atoms with E-state index in [1.54, 1.807) is 17.0 Å². The Morgan fingerprint density at radius 1 is 1.11 bits per heavy atom. The Morgan fingerprint density at radius 2 is 1.82 bits per heavy atom. The topological polar surface area (TPSA) is 115 Å². The van der Waals surface area contributed by atoms with Crippen molar-refractivity contribution in [1.29, 1.82) is 0 Å². The van der Waals surface area contributed by atoms with Crippen LogP contribution in [0.25, 0.3) is 0 Å². The third kappa shape index (κ3) is 7.26. The van der Waals surface area contributed by atoms with E-state index in [1.165, 1.54) is 42.8 Å². The molecule has 0 spiro atoms. The number of aliphatic hydroxyl groups excluding tert-OH is 1. The quantitative estimate of drug-likeness (QED) is 0.445. The molecule has 2 atom stereocenters. The molecule has 1 N–H and O–H groups in total. The number of carbonyl (C=O) groups is 1. The number of nitrogens with zero attached hydrogens (tertiary/aromatic N) is 2. The monoisotopic (exact) mass is 552 g/mol. The van der Waals surface area contributed by atoms with Gasteiger partial charge in [-0.15, -0.1) is 0 Å². The van der Waals surface area contributed by atoms with Gasteiger partial charge in [0.2, 0.25) is 16.3 Å². The van der Waals surface area contributed by atoms with Gasteiger partial charge >= 0.3 is 0 Å². The Hall–Kier alpha value is -2.18. The van der Waals surface area contributed by atoms with Crippen molar-refractivity contribution in [2.75, 3.05) is 59.7 Å². The van der Waals surface area contributed by atoms with Crippen molar-refractivity contribution in [2.24, 2.45) is 11.8 Å². The molecule has 0 radical (unpaired) electrons. The van der Waals surface area contributed by atoms with Gasteiger partial charge in [-0.1, -0.05) is 19.3 Å². The van der Waals surface area contributed by atoms with Crippen molar-refractivity contribution in [1.82, 2.24) is 9.21 Å². The minimum absolute atomic E-state index is 0.0410. The van der Waals surface area contributed by atoms with Gasteiger partial charge in [-0.25, -0.2) is 8.42 Å². The lowest BCUT2D eigenvalue weighted by Gasteiger charge is -2.36. The summed E-state index contributed by atoms with van der Waals surface area (Å²) >= 11 is 0. The average molecular weight is 553 g/mol. The summed E-state index contributed by atoms with van der Waals surface area (Å²) in [5, 5.41) is 9.53. The summed E-state index contributed by atoms with van der Waals surface area (Å²) in [6.45, 7) is 1.80. The molecule has 2 heterocycles. The Morgan fingerprint density at radius 3 is 2.47 bits per heavy atom. The molecule has 11 heteroatoms. The van der Waals surface area contributed by atoms with Crippen LogP contribution < -0.4 is 4.74 Å². The third-order valence-electron chi connectivity index (χ3n) is 7.54. The lowest BCUT2D eigenvalue weighted by Crippen LogP contribution is -2.44. The van der Waals surface area contributed by atoms with Gasteiger partial charge in [0, 0.05) is 32.6 Å². The van der Waals surface area contributed by atoms with Crippen molar-refractivity contribution in [3.63, 3.8) is 0 Å². The molecule has 1 aromatic carbocycles. The van der Waals surface area contributed by atoms with Crippen LogP contribution in [-0.2, 0) is 29.0 Å². The fourth-order valence-corrected chi connectivity index (χ4v) is 6.81. The summed E-state index contributed by atoms with van der Waals surface area (Å²) in [7, 11) is -2.33. The van der Waals surface area contributed by atoms with Gasteiger partial charge in [0.1, 0.15) is 5.75 Å². The normalized spacial score (nSPS) is 23.1. The smallest absolute Gasteiger partial charge is 0.288 e. The number of ether oxygens (including phenoxy) is 4. The van der Waals surface area contributed by atoms with E-state index in [9.17, 15) is 18.3 Å². The summed E-state index contributed by atoms with van der Waals surface area (Å²) in [5.74, 6) is 1.37. The zero-order valence-corrected chi connectivity index (χ0v) is 22.9. The average Bonchev–Trinajstić information content (AvgIpc) is 2.97. The maximum atomic E-state index is 13.2. The van der Waals surface area contributed by atoms with E-state index in [1.807, 2.05) is 6.08 Å². The molecule has 0 aromatic heterocycles. The van der Waals surface area contributed by atoms with E-state index in [2.05, 4.69) is 0 Å². The first kappa shape index (κ1) is 28.8. The highest BCUT2D eigenvalue weighted by Crippen LogP contribution is 2.37. The van der Waals surface area contributed by atoms with Crippen LogP contribution in [0.3, 0.4) is 0 Å². The van der Waals surface area contributed by atoms with Gasteiger partial charge in [0.25, 0.3) is 5.91 Å². The van der Waals surface area contributed by atoms with Gasteiger partial charge in [0.05, 0.1) is 38.4 Å². The Labute approximate surface area is 225 Å².